The predicted molar refractivity (Wildman–Crippen MR) is 47.7 cm³/mol. The Bertz CT molecular complexity index is 321. The van der Waals surface area contributed by atoms with Crippen LogP contribution in [0.1, 0.15) is 11.3 Å². The number of hydrogen-bond donors (Lipinski definition) is 1. The van der Waals surface area contributed by atoms with E-state index in [1.807, 2.05) is 24.4 Å². The van der Waals surface area contributed by atoms with Gasteiger partial charge in [-0.2, -0.15) is 0 Å². The van der Waals surface area contributed by atoms with E-state index in [0.29, 0.717) is 0 Å². The molecule has 0 aliphatic heterocycles. The molecule has 1 heterocycles. The normalized spacial score (nSPS) is 9.33. The minimum absolute atomic E-state index is 0.907. The lowest BCUT2D eigenvalue weighted by molar-refractivity contribution is 1.11. The van der Waals surface area contributed by atoms with E-state index in [2.05, 4.69) is 29.2 Å². The minimum Gasteiger partial charge on any atom is -0.365 e. The van der Waals surface area contributed by atoms with Crippen LogP contribution in [0.4, 0.5) is 0 Å². The number of aromatic amines is 1. The molecule has 1 heteroatoms. The highest BCUT2D eigenvalue weighted by Crippen LogP contribution is 2.03. The second-order valence-corrected chi connectivity index (χ2v) is 2.69. The zero-order valence-electron chi connectivity index (χ0n) is 6.67. The van der Waals surface area contributed by atoms with Crippen molar-refractivity contribution in [1.82, 2.24) is 4.98 Å². The van der Waals surface area contributed by atoms with Gasteiger partial charge < -0.3 is 4.98 Å². The molecule has 0 aliphatic rings. The van der Waals surface area contributed by atoms with Gasteiger partial charge in [-0.1, -0.05) is 18.2 Å². The van der Waals surface area contributed by atoms with Crippen LogP contribution < -0.4 is 0 Å². The van der Waals surface area contributed by atoms with Gasteiger partial charge in [-0.05, 0) is 24.3 Å². The van der Waals surface area contributed by atoms with E-state index in [9.17, 15) is 0 Å². The molecule has 0 saturated heterocycles. The Morgan fingerprint density at radius 2 is 2.25 bits per heavy atom. The molecule has 1 aromatic carbocycles. The fraction of sp³-hybridized carbons (Fsp3) is 0.0909. The van der Waals surface area contributed by atoms with Crippen molar-refractivity contribution in [2.24, 2.45) is 0 Å². The molecular weight excluding hydrogens is 146 g/mol. The highest BCUT2D eigenvalue weighted by atomic mass is 14.7. The topological polar surface area (TPSA) is 15.8 Å². The van der Waals surface area contributed by atoms with Crippen LogP contribution in [-0.4, -0.2) is 4.98 Å². The minimum atomic E-state index is 0.907. The van der Waals surface area contributed by atoms with E-state index in [1.54, 1.807) is 0 Å². The van der Waals surface area contributed by atoms with Crippen LogP contribution in [0.15, 0.2) is 36.5 Å². The van der Waals surface area contributed by atoms with Crippen LogP contribution in [-0.2, 0) is 6.42 Å². The van der Waals surface area contributed by atoms with E-state index < -0.39 is 0 Å². The first-order valence-electron chi connectivity index (χ1n) is 3.95. The Hall–Kier alpha value is -1.68. The maximum absolute atomic E-state index is 3.15. The first-order valence-corrected chi connectivity index (χ1v) is 3.95. The van der Waals surface area contributed by atoms with Gasteiger partial charge in [-0.25, -0.2) is 0 Å². The molecule has 0 aliphatic carbocycles. The summed E-state index contributed by atoms with van der Waals surface area (Å²) in [5, 5.41) is 0. The van der Waals surface area contributed by atoms with Gasteiger partial charge in [0.15, 0.2) is 0 Å². The molecule has 12 heavy (non-hydrogen) atoms. The van der Waals surface area contributed by atoms with Gasteiger partial charge in [0.1, 0.15) is 0 Å². The SMILES string of the molecule is c1cccc(Cc2ccc[nH]2)c#1. The average Bonchev–Trinajstić information content (AvgIpc) is 2.59. The van der Waals surface area contributed by atoms with Gasteiger partial charge in [0, 0.05) is 23.9 Å². The van der Waals surface area contributed by atoms with Crippen LogP contribution in [0.2, 0.25) is 0 Å². The molecule has 0 unspecified atom stereocenters. The third kappa shape index (κ3) is 1.49. The Labute approximate surface area is 72.1 Å². The second-order valence-electron chi connectivity index (χ2n) is 2.69. The Balaban J connectivity index is 2.15. The molecular formula is C11H9N. The highest BCUT2D eigenvalue weighted by molar-refractivity contribution is 5.17. The summed E-state index contributed by atoms with van der Waals surface area (Å²) in [5.41, 5.74) is 2.38. The molecule has 1 aromatic heterocycles. The van der Waals surface area contributed by atoms with Gasteiger partial charge in [-0.15, -0.1) is 0 Å². The molecule has 0 saturated carbocycles. The third-order valence-corrected chi connectivity index (χ3v) is 1.75. The van der Waals surface area contributed by atoms with Crippen molar-refractivity contribution < 1.29 is 0 Å². The molecule has 0 radical (unpaired) electrons. The fourth-order valence-corrected chi connectivity index (χ4v) is 1.17. The third-order valence-electron chi connectivity index (χ3n) is 1.75. The van der Waals surface area contributed by atoms with Crippen LogP contribution >= 0.6 is 0 Å². The van der Waals surface area contributed by atoms with Crippen LogP contribution in [0.5, 0.6) is 0 Å². The largest absolute Gasteiger partial charge is 0.365 e. The summed E-state index contributed by atoms with van der Waals surface area (Å²) < 4.78 is 0. The summed E-state index contributed by atoms with van der Waals surface area (Å²) in [6, 6.07) is 16.0. The van der Waals surface area contributed by atoms with Crippen LogP contribution in [0, 0.1) is 12.1 Å². The van der Waals surface area contributed by atoms with Gasteiger partial charge in [0.2, 0.25) is 0 Å². The van der Waals surface area contributed by atoms with Crippen molar-refractivity contribution in [1.29, 1.82) is 0 Å². The quantitative estimate of drug-likeness (QED) is 0.684. The fourth-order valence-electron chi connectivity index (χ4n) is 1.17. The van der Waals surface area contributed by atoms with Crippen molar-refractivity contribution in [3.63, 3.8) is 0 Å². The number of aromatic nitrogens is 1. The maximum Gasteiger partial charge on any atom is 0.0206 e. The molecule has 2 aromatic rings. The number of nitrogens with one attached hydrogen (secondary N) is 1. The van der Waals surface area contributed by atoms with Gasteiger partial charge in [-0.3, -0.25) is 0 Å². The summed E-state index contributed by atoms with van der Waals surface area (Å²) in [4.78, 5) is 3.15. The summed E-state index contributed by atoms with van der Waals surface area (Å²) in [7, 11) is 0. The summed E-state index contributed by atoms with van der Waals surface area (Å²) >= 11 is 0. The number of H-pyrrole nitrogens is 1. The summed E-state index contributed by atoms with van der Waals surface area (Å²) in [5.74, 6) is 0. The molecule has 58 valence electrons. The first kappa shape index (κ1) is 7.00. The molecule has 0 atom stereocenters. The van der Waals surface area contributed by atoms with E-state index in [0.717, 1.165) is 6.42 Å². The summed E-state index contributed by atoms with van der Waals surface area (Å²) in [6.45, 7) is 0. The van der Waals surface area contributed by atoms with Gasteiger partial charge >= 0.3 is 0 Å². The molecule has 0 fully saturated rings. The lowest BCUT2D eigenvalue weighted by Crippen LogP contribution is -1.85. The molecule has 0 spiro atoms. The highest BCUT2D eigenvalue weighted by Gasteiger charge is 1.93. The lowest BCUT2D eigenvalue weighted by atomic mass is 10.1. The molecule has 2 rings (SSSR count). The van der Waals surface area contributed by atoms with Gasteiger partial charge in [0.25, 0.3) is 0 Å². The first-order chi connectivity index (χ1) is 5.95. The Morgan fingerprint density at radius 3 is 2.92 bits per heavy atom. The van der Waals surface area contributed by atoms with E-state index in [-0.39, 0.29) is 0 Å². The molecule has 1 nitrogen and oxygen atoms in total. The average molecular weight is 155 g/mol. The van der Waals surface area contributed by atoms with E-state index in [1.165, 1.54) is 11.3 Å². The van der Waals surface area contributed by atoms with E-state index >= 15 is 0 Å². The number of hydrogen-bond acceptors (Lipinski definition) is 0. The monoisotopic (exact) mass is 155 g/mol. The van der Waals surface area contributed by atoms with Gasteiger partial charge in [0.05, 0.1) is 0 Å². The Morgan fingerprint density at radius 1 is 1.25 bits per heavy atom. The summed E-state index contributed by atoms with van der Waals surface area (Å²) in [6.07, 6.45) is 2.84. The molecule has 0 bridgehead atoms. The lowest BCUT2D eigenvalue weighted by Gasteiger charge is -1.93. The van der Waals surface area contributed by atoms with Crippen LogP contribution in [0.3, 0.4) is 0 Å². The van der Waals surface area contributed by atoms with E-state index in [4.69, 9.17) is 0 Å². The maximum atomic E-state index is 3.15. The number of rotatable bonds is 2. The van der Waals surface area contributed by atoms with Crippen LogP contribution in [0.25, 0.3) is 0 Å². The standard InChI is InChI=1S/C11H9N/c1-2-5-10(6-3-1)9-11-7-4-8-12-11/h1-2,4-5,7-8,12H,9H2. The van der Waals surface area contributed by atoms with Crippen molar-refractivity contribution >= 4 is 0 Å². The molecule has 0 amide bonds. The predicted octanol–water partition coefficient (Wildman–Crippen LogP) is 2.21. The second kappa shape index (κ2) is 3.15. The van der Waals surface area contributed by atoms with Crippen molar-refractivity contribution in [2.75, 3.05) is 0 Å². The van der Waals surface area contributed by atoms with Crippen molar-refractivity contribution in [2.45, 2.75) is 6.42 Å². The Kier molecular flexibility index (Phi) is 1.83. The van der Waals surface area contributed by atoms with Crippen molar-refractivity contribution in [3.8, 4) is 0 Å². The smallest absolute Gasteiger partial charge is 0.0206 e. The molecule has 1 N–H and O–H groups in total. The zero-order valence-corrected chi connectivity index (χ0v) is 6.67. The zero-order chi connectivity index (χ0) is 8.23. The van der Waals surface area contributed by atoms with Crippen molar-refractivity contribution in [3.05, 3.63) is 59.9 Å².